The molecule has 0 aliphatic heterocycles. The minimum Gasteiger partial charge on any atom is -0.493 e. The van der Waals surface area contributed by atoms with Crippen molar-refractivity contribution in [3.63, 3.8) is 0 Å². The first kappa shape index (κ1) is 23.9. The monoisotopic (exact) mass is 446 g/mol. The van der Waals surface area contributed by atoms with Gasteiger partial charge >= 0.3 is 0 Å². The summed E-state index contributed by atoms with van der Waals surface area (Å²) in [6.45, 7) is 0.501. The van der Waals surface area contributed by atoms with Crippen LogP contribution < -0.4 is 14.8 Å². The normalized spacial score (nSPS) is 11.4. The third kappa shape index (κ3) is 6.59. The molecule has 6 nitrogen and oxygen atoms in total. The molecule has 0 aliphatic carbocycles. The number of carbonyl (C=O) groups excluding carboxylic acids is 2. The summed E-state index contributed by atoms with van der Waals surface area (Å²) in [5, 5.41) is 2.93. The van der Waals surface area contributed by atoms with Crippen LogP contribution in [0.25, 0.3) is 0 Å². The molecule has 0 spiro atoms. The van der Waals surface area contributed by atoms with E-state index in [1.54, 1.807) is 50.4 Å². The number of amides is 2. The Balaban J connectivity index is 1.70. The molecule has 0 saturated heterocycles. The lowest BCUT2D eigenvalue weighted by molar-refractivity contribution is -0.131. The maximum atomic E-state index is 13.3. The lowest BCUT2D eigenvalue weighted by Gasteiger charge is -2.25. The van der Waals surface area contributed by atoms with Gasteiger partial charge in [-0.05, 0) is 41.8 Å². The van der Waals surface area contributed by atoms with Crippen LogP contribution in [0.4, 0.5) is 0 Å². The van der Waals surface area contributed by atoms with Crippen molar-refractivity contribution in [2.24, 2.45) is 0 Å². The highest BCUT2D eigenvalue weighted by atomic mass is 16.5. The van der Waals surface area contributed by atoms with Crippen molar-refractivity contribution in [2.45, 2.75) is 18.9 Å². The van der Waals surface area contributed by atoms with Gasteiger partial charge in [-0.2, -0.15) is 0 Å². The zero-order chi connectivity index (χ0) is 23.6. The predicted molar refractivity (Wildman–Crippen MR) is 129 cm³/mol. The topological polar surface area (TPSA) is 67.9 Å². The summed E-state index contributed by atoms with van der Waals surface area (Å²) in [6.07, 6.45) is 1.06. The number of ether oxygens (including phenoxy) is 2. The van der Waals surface area contributed by atoms with Gasteiger partial charge in [0.1, 0.15) is 6.04 Å². The smallest absolute Gasteiger partial charge is 0.251 e. The Morgan fingerprint density at radius 3 is 2.12 bits per heavy atom. The van der Waals surface area contributed by atoms with Crippen molar-refractivity contribution in [1.29, 1.82) is 0 Å². The molecule has 1 atom stereocenters. The van der Waals surface area contributed by atoms with Crippen LogP contribution in [-0.4, -0.2) is 50.6 Å². The second kappa shape index (κ2) is 11.7. The summed E-state index contributed by atoms with van der Waals surface area (Å²) in [6, 6.07) is 23.7. The molecule has 0 unspecified atom stereocenters. The third-order valence-corrected chi connectivity index (χ3v) is 5.48. The number of benzene rings is 3. The Labute approximate surface area is 195 Å². The van der Waals surface area contributed by atoms with Crippen LogP contribution in [0.15, 0.2) is 78.9 Å². The lowest BCUT2D eigenvalue weighted by Crippen LogP contribution is -2.49. The van der Waals surface area contributed by atoms with Gasteiger partial charge in [-0.15, -0.1) is 0 Å². The molecule has 6 heteroatoms. The van der Waals surface area contributed by atoms with Gasteiger partial charge < -0.3 is 19.7 Å². The fraction of sp³-hybridized carbons (Fsp3) is 0.259. The zero-order valence-electron chi connectivity index (χ0n) is 19.3. The summed E-state index contributed by atoms with van der Waals surface area (Å²) < 4.78 is 10.7. The fourth-order valence-corrected chi connectivity index (χ4v) is 3.59. The highest BCUT2D eigenvalue weighted by molar-refractivity contribution is 5.97. The van der Waals surface area contributed by atoms with Gasteiger partial charge in [0.2, 0.25) is 5.91 Å². The van der Waals surface area contributed by atoms with E-state index in [9.17, 15) is 9.59 Å². The largest absolute Gasteiger partial charge is 0.493 e. The number of rotatable bonds is 10. The number of methoxy groups -OCH3 is 2. The Hall–Kier alpha value is -3.80. The molecule has 0 bridgehead atoms. The summed E-state index contributed by atoms with van der Waals surface area (Å²) in [5.74, 6) is 0.917. The molecule has 0 heterocycles. The molecule has 0 aromatic heterocycles. The summed E-state index contributed by atoms with van der Waals surface area (Å²) >= 11 is 0. The second-order valence-electron chi connectivity index (χ2n) is 7.78. The maximum absolute atomic E-state index is 13.3. The molecule has 3 rings (SSSR count). The maximum Gasteiger partial charge on any atom is 0.251 e. The van der Waals surface area contributed by atoms with Crippen LogP contribution in [0.2, 0.25) is 0 Å². The highest BCUT2D eigenvalue weighted by Crippen LogP contribution is 2.27. The van der Waals surface area contributed by atoms with Gasteiger partial charge in [0, 0.05) is 25.6 Å². The van der Waals surface area contributed by atoms with E-state index in [-0.39, 0.29) is 11.8 Å². The van der Waals surface area contributed by atoms with Gasteiger partial charge in [0.15, 0.2) is 11.5 Å². The van der Waals surface area contributed by atoms with E-state index >= 15 is 0 Å². The van der Waals surface area contributed by atoms with Crippen molar-refractivity contribution in [2.75, 3.05) is 27.8 Å². The first-order valence-corrected chi connectivity index (χ1v) is 10.9. The Bertz CT molecular complexity index is 1050. The number of hydrogen-bond acceptors (Lipinski definition) is 4. The number of likely N-dealkylation sites (N-methyl/N-ethyl adjacent to an activating group) is 1. The first-order chi connectivity index (χ1) is 16.0. The Morgan fingerprint density at radius 1 is 0.848 bits per heavy atom. The van der Waals surface area contributed by atoms with E-state index in [0.29, 0.717) is 36.4 Å². The van der Waals surface area contributed by atoms with Crippen molar-refractivity contribution < 1.29 is 19.1 Å². The van der Waals surface area contributed by atoms with Gasteiger partial charge in [0.25, 0.3) is 5.91 Å². The molecular formula is C27H30N2O4. The zero-order valence-corrected chi connectivity index (χ0v) is 19.3. The van der Waals surface area contributed by atoms with Crippen molar-refractivity contribution in [3.8, 4) is 11.5 Å². The number of carbonyl (C=O) groups is 2. The number of nitrogens with one attached hydrogen (secondary N) is 1. The first-order valence-electron chi connectivity index (χ1n) is 10.9. The molecule has 172 valence electrons. The molecule has 2 amide bonds. The third-order valence-electron chi connectivity index (χ3n) is 5.48. The standard InChI is InChI=1S/C27H30N2O4/c1-29(17-16-21-14-15-24(32-2)25(19-21)33-3)27(31)23(18-20-10-6-4-7-11-20)28-26(30)22-12-8-5-9-13-22/h4-15,19,23H,16-18H2,1-3H3,(H,28,30)/t23-/m1/s1. The average molecular weight is 447 g/mol. The fourth-order valence-electron chi connectivity index (χ4n) is 3.59. The van der Waals surface area contributed by atoms with E-state index in [1.807, 2.05) is 54.6 Å². The van der Waals surface area contributed by atoms with E-state index < -0.39 is 6.04 Å². The number of nitrogens with zero attached hydrogens (tertiary/aromatic N) is 1. The van der Waals surface area contributed by atoms with Crippen LogP contribution in [0.1, 0.15) is 21.5 Å². The minimum atomic E-state index is -0.671. The molecule has 33 heavy (non-hydrogen) atoms. The lowest BCUT2D eigenvalue weighted by atomic mass is 10.0. The van der Waals surface area contributed by atoms with Gasteiger partial charge in [-0.25, -0.2) is 0 Å². The van der Waals surface area contributed by atoms with Gasteiger partial charge in [-0.1, -0.05) is 54.6 Å². The minimum absolute atomic E-state index is 0.136. The average Bonchev–Trinajstić information content (AvgIpc) is 2.87. The van der Waals surface area contributed by atoms with Crippen LogP contribution in [0.3, 0.4) is 0 Å². The SMILES string of the molecule is COc1ccc(CCN(C)C(=O)[C@@H](Cc2ccccc2)NC(=O)c2ccccc2)cc1OC. The van der Waals surface area contributed by atoms with Crippen molar-refractivity contribution in [3.05, 3.63) is 95.6 Å². The summed E-state index contributed by atoms with van der Waals surface area (Å²) in [7, 11) is 4.96. The van der Waals surface area contributed by atoms with Crippen LogP contribution in [-0.2, 0) is 17.6 Å². The Kier molecular flexibility index (Phi) is 8.47. The highest BCUT2D eigenvalue weighted by Gasteiger charge is 2.25. The second-order valence-corrected chi connectivity index (χ2v) is 7.78. The van der Waals surface area contributed by atoms with Crippen LogP contribution in [0, 0.1) is 0 Å². The molecule has 0 fully saturated rings. The van der Waals surface area contributed by atoms with E-state index in [1.165, 1.54) is 0 Å². The predicted octanol–water partition coefficient (Wildman–Crippen LogP) is 3.75. The Morgan fingerprint density at radius 2 is 1.48 bits per heavy atom. The molecule has 0 saturated carbocycles. The van der Waals surface area contributed by atoms with Crippen LogP contribution in [0.5, 0.6) is 11.5 Å². The van der Waals surface area contributed by atoms with Gasteiger partial charge in [-0.3, -0.25) is 9.59 Å². The molecule has 3 aromatic rings. The van der Waals surface area contributed by atoms with E-state index in [2.05, 4.69) is 5.32 Å². The molecule has 0 radical (unpaired) electrons. The van der Waals surface area contributed by atoms with Gasteiger partial charge in [0.05, 0.1) is 14.2 Å². The summed E-state index contributed by atoms with van der Waals surface area (Å²) in [4.78, 5) is 27.8. The molecular weight excluding hydrogens is 416 g/mol. The quantitative estimate of drug-likeness (QED) is 0.515. The van der Waals surface area contributed by atoms with Crippen molar-refractivity contribution in [1.82, 2.24) is 10.2 Å². The molecule has 3 aromatic carbocycles. The molecule has 0 aliphatic rings. The van der Waals surface area contributed by atoms with E-state index in [0.717, 1.165) is 11.1 Å². The van der Waals surface area contributed by atoms with Crippen LogP contribution >= 0.6 is 0 Å². The van der Waals surface area contributed by atoms with E-state index in [4.69, 9.17) is 9.47 Å². The van der Waals surface area contributed by atoms with Crippen molar-refractivity contribution >= 4 is 11.8 Å². The summed E-state index contributed by atoms with van der Waals surface area (Å²) in [5.41, 5.74) is 2.54. The molecule has 1 N–H and O–H groups in total. The number of hydrogen-bond donors (Lipinski definition) is 1.